The number of nitrogens with one attached hydrogen (secondary N) is 1. The van der Waals surface area contributed by atoms with E-state index >= 15 is 0 Å². The van der Waals surface area contributed by atoms with Gasteiger partial charge < -0.3 is 15.3 Å². The second-order valence-corrected chi connectivity index (χ2v) is 3.83. The van der Waals surface area contributed by atoms with Gasteiger partial charge in [0.1, 0.15) is 12.6 Å². The molecule has 2 rings (SSSR count). The van der Waals surface area contributed by atoms with Crippen molar-refractivity contribution in [3.8, 4) is 0 Å². The molecule has 2 amide bonds. The highest BCUT2D eigenvalue weighted by molar-refractivity contribution is 5.99. The number of hydrogen-bond donors (Lipinski definition) is 2. The van der Waals surface area contributed by atoms with Crippen molar-refractivity contribution in [1.29, 1.82) is 0 Å². The molecule has 0 radical (unpaired) electrons. The quantitative estimate of drug-likeness (QED) is 0.708. The molecule has 0 spiro atoms. The molecule has 18 heavy (non-hydrogen) atoms. The normalized spacial score (nSPS) is 19.2. The summed E-state index contributed by atoms with van der Waals surface area (Å²) in [7, 11) is 0. The Labute approximate surface area is 102 Å². The van der Waals surface area contributed by atoms with Crippen LogP contribution in [0.5, 0.6) is 0 Å². The van der Waals surface area contributed by atoms with Crippen LogP contribution in [-0.2, 0) is 9.59 Å². The van der Waals surface area contributed by atoms with Crippen molar-refractivity contribution in [2.24, 2.45) is 0 Å². The number of nitrogens with zero attached hydrogens (tertiary/aromatic N) is 2. The van der Waals surface area contributed by atoms with Gasteiger partial charge in [-0.15, -0.1) is 0 Å². The first-order valence-electron chi connectivity index (χ1n) is 5.30. The number of pyridine rings is 1. The van der Waals surface area contributed by atoms with E-state index in [4.69, 9.17) is 5.11 Å². The summed E-state index contributed by atoms with van der Waals surface area (Å²) in [5, 5.41) is 11.5. The molecule has 1 fully saturated rings. The minimum atomic E-state index is -1.15. The van der Waals surface area contributed by atoms with E-state index < -0.39 is 17.9 Å². The van der Waals surface area contributed by atoms with Crippen LogP contribution in [0.3, 0.4) is 0 Å². The lowest BCUT2D eigenvalue weighted by molar-refractivity contribution is -0.144. The molecule has 1 aromatic heterocycles. The first-order chi connectivity index (χ1) is 8.59. The SMILES string of the molecule is O=C1CN(C(=O)c2cccnc2)C(C(=O)O)CN1. The van der Waals surface area contributed by atoms with E-state index in [1.54, 1.807) is 6.07 Å². The molecule has 0 bridgehead atoms. The predicted octanol–water partition coefficient (Wildman–Crippen LogP) is -0.893. The summed E-state index contributed by atoms with van der Waals surface area (Å²) in [5.41, 5.74) is 0.262. The van der Waals surface area contributed by atoms with Gasteiger partial charge in [0.15, 0.2) is 0 Å². The van der Waals surface area contributed by atoms with Gasteiger partial charge in [-0.05, 0) is 12.1 Å². The van der Waals surface area contributed by atoms with Crippen molar-refractivity contribution in [3.63, 3.8) is 0 Å². The minimum absolute atomic E-state index is 0.0832. The zero-order valence-corrected chi connectivity index (χ0v) is 9.37. The fourth-order valence-electron chi connectivity index (χ4n) is 1.73. The number of carbonyl (C=O) groups is 3. The maximum absolute atomic E-state index is 12.1. The van der Waals surface area contributed by atoms with Gasteiger partial charge in [0.05, 0.1) is 5.56 Å². The molecule has 0 saturated carbocycles. The molecule has 94 valence electrons. The Morgan fingerprint density at radius 1 is 1.50 bits per heavy atom. The zero-order valence-electron chi connectivity index (χ0n) is 9.37. The lowest BCUT2D eigenvalue weighted by atomic mass is 10.1. The van der Waals surface area contributed by atoms with Crippen LogP contribution in [0.2, 0.25) is 0 Å². The molecule has 0 aromatic carbocycles. The summed E-state index contributed by atoms with van der Waals surface area (Å²) >= 11 is 0. The Hall–Kier alpha value is -2.44. The van der Waals surface area contributed by atoms with Gasteiger partial charge in [0.2, 0.25) is 5.91 Å². The summed E-state index contributed by atoms with van der Waals surface area (Å²) in [5.74, 6) is -2.03. The van der Waals surface area contributed by atoms with Crippen LogP contribution in [0.1, 0.15) is 10.4 Å². The van der Waals surface area contributed by atoms with Crippen molar-refractivity contribution in [2.45, 2.75) is 6.04 Å². The Morgan fingerprint density at radius 2 is 2.28 bits per heavy atom. The molecule has 2 N–H and O–H groups in total. The first-order valence-corrected chi connectivity index (χ1v) is 5.30. The minimum Gasteiger partial charge on any atom is -0.480 e. The number of hydrogen-bond acceptors (Lipinski definition) is 4. The largest absolute Gasteiger partial charge is 0.480 e. The van der Waals surface area contributed by atoms with E-state index in [1.807, 2.05) is 0 Å². The number of piperazine rings is 1. The van der Waals surface area contributed by atoms with Crippen LogP contribution >= 0.6 is 0 Å². The predicted molar refractivity (Wildman–Crippen MR) is 59.7 cm³/mol. The van der Waals surface area contributed by atoms with Gasteiger partial charge in [-0.3, -0.25) is 14.6 Å². The molecular weight excluding hydrogens is 238 g/mol. The third kappa shape index (κ3) is 2.29. The van der Waals surface area contributed by atoms with Crippen LogP contribution in [0.25, 0.3) is 0 Å². The molecular formula is C11H11N3O4. The van der Waals surface area contributed by atoms with E-state index in [-0.39, 0.29) is 24.6 Å². The number of aliphatic carboxylic acids is 1. The third-order valence-electron chi connectivity index (χ3n) is 2.64. The third-order valence-corrected chi connectivity index (χ3v) is 2.64. The topological polar surface area (TPSA) is 99.6 Å². The van der Waals surface area contributed by atoms with Crippen molar-refractivity contribution in [2.75, 3.05) is 13.1 Å². The summed E-state index contributed by atoms with van der Waals surface area (Å²) < 4.78 is 0. The Kier molecular flexibility index (Phi) is 3.22. The van der Waals surface area contributed by atoms with Crippen LogP contribution in [-0.4, -0.2) is 51.9 Å². The lowest BCUT2D eigenvalue weighted by Gasteiger charge is -2.32. The molecule has 1 saturated heterocycles. The van der Waals surface area contributed by atoms with Crippen molar-refractivity contribution in [1.82, 2.24) is 15.2 Å². The lowest BCUT2D eigenvalue weighted by Crippen LogP contribution is -2.59. The average molecular weight is 249 g/mol. The van der Waals surface area contributed by atoms with Gasteiger partial charge in [-0.2, -0.15) is 0 Å². The highest BCUT2D eigenvalue weighted by Crippen LogP contribution is 2.10. The van der Waals surface area contributed by atoms with E-state index in [2.05, 4.69) is 10.3 Å². The molecule has 1 unspecified atom stereocenters. The van der Waals surface area contributed by atoms with Crippen LogP contribution in [0.15, 0.2) is 24.5 Å². The molecule has 1 atom stereocenters. The van der Waals surface area contributed by atoms with Gasteiger partial charge in [-0.1, -0.05) is 0 Å². The molecule has 1 aliphatic heterocycles. The first kappa shape index (κ1) is 12.0. The number of carboxylic acids is 1. The Bertz CT molecular complexity index is 488. The molecule has 2 heterocycles. The van der Waals surface area contributed by atoms with E-state index in [9.17, 15) is 14.4 Å². The van der Waals surface area contributed by atoms with Crippen molar-refractivity contribution >= 4 is 17.8 Å². The standard InChI is InChI=1S/C11H11N3O4/c15-9-6-14(8(5-13-9)11(17)18)10(16)7-2-1-3-12-4-7/h1-4,8H,5-6H2,(H,13,15)(H,17,18). The van der Waals surface area contributed by atoms with Gasteiger partial charge in [-0.25, -0.2) is 4.79 Å². The van der Waals surface area contributed by atoms with Gasteiger partial charge >= 0.3 is 5.97 Å². The fraction of sp³-hybridized carbons (Fsp3) is 0.273. The number of amides is 2. The smallest absolute Gasteiger partial charge is 0.328 e. The average Bonchev–Trinajstić information content (AvgIpc) is 2.38. The highest BCUT2D eigenvalue weighted by atomic mass is 16.4. The van der Waals surface area contributed by atoms with Crippen molar-refractivity contribution in [3.05, 3.63) is 30.1 Å². The number of rotatable bonds is 2. The summed E-state index contributed by atoms with van der Waals surface area (Å²) in [6, 6.07) is 2.06. The highest BCUT2D eigenvalue weighted by Gasteiger charge is 2.35. The Balaban J connectivity index is 2.25. The molecule has 0 aliphatic carbocycles. The summed E-state index contributed by atoms with van der Waals surface area (Å²) in [6.07, 6.45) is 2.85. The van der Waals surface area contributed by atoms with Gasteiger partial charge in [0, 0.05) is 18.9 Å². The molecule has 7 nitrogen and oxygen atoms in total. The van der Waals surface area contributed by atoms with Crippen LogP contribution < -0.4 is 5.32 Å². The summed E-state index contributed by atoms with van der Waals surface area (Å²) in [4.78, 5) is 39.2. The number of aromatic nitrogens is 1. The fourth-order valence-corrected chi connectivity index (χ4v) is 1.73. The summed E-state index contributed by atoms with van der Waals surface area (Å²) in [6.45, 7) is -0.342. The second kappa shape index (κ2) is 4.82. The van der Waals surface area contributed by atoms with E-state index in [1.165, 1.54) is 18.5 Å². The second-order valence-electron chi connectivity index (χ2n) is 3.83. The zero-order chi connectivity index (χ0) is 13.1. The maximum atomic E-state index is 12.1. The molecule has 1 aliphatic rings. The van der Waals surface area contributed by atoms with Crippen molar-refractivity contribution < 1.29 is 19.5 Å². The number of carboxylic acid groups (broad SMARTS) is 1. The molecule has 1 aromatic rings. The molecule has 7 heteroatoms. The van der Waals surface area contributed by atoms with E-state index in [0.717, 1.165) is 4.90 Å². The van der Waals surface area contributed by atoms with Crippen LogP contribution in [0, 0.1) is 0 Å². The van der Waals surface area contributed by atoms with Crippen LogP contribution in [0.4, 0.5) is 0 Å². The maximum Gasteiger partial charge on any atom is 0.328 e. The number of carbonyl (C=O) groups excluding carboxylic acids is 2. The van der Waals surface area contributed by atoms with Gasteiger partial charge in [0.25, 0.3) is 5.91 Å². The Morgan fingerprint density at radius 3 is 2.89 bits per heavy atom. The van der Waals surface area contributed by atoms with E-state index in [0.29, 0.717) is 0 Å². The monoisotopic (exact) mass is 249 g/mol.